The molecule has 0 amide bonds. The van der Waals surface area contributed by atoms with Gasteiger partial charge in [0.15, 0.2) is 0 Å². The Morgan fingerprint density at radius 2 is 1.93 bits per heavy atom. The van der Waals surface area contributed by atoms with E-state index in [0.717, 1.165) is 11.3 Å². The lowest BCUT2D eigenvalue weighted by Crippen LogP contribution is -1.90. The van der Waals surface area contributed by atoms with E-state index in [2.05, 4.69) is 13.8 Å². The molecular weight excluding hydrogens is 198 g/mol. The maximum Gasteiger partial charge on any atom is 0.269 e. The topological polar surface area (TPSA) is 43.1 Å². The van der Waals surface area contributed by atoms with Gasteiger partial charge in [0.05, 0.1) is 4.92 Å². The van der Waals surface area contributed by atoms with Crippen molar-refractivity contribution in [1.29, 1.82) is 0 Å². The van der Waals surface area contributed by atoms with E-state index in [-0.39, 0.29) is 10.6 Å². The van der Waals surface area contributed by atoms with Gasteiger partial charge in [0.25, 0.3) is 5.69 Å². The standard InChI is InChI=1S/C10H13NO2S/c1-8(2)14-7-9-3-5-10(6-4-9)11(12)13/h3-6,8H,7H2,1-2H3. The van der Waals surface area contributed by atoms with E-state index in [9.17, 15) is 10.1 Å². The maximum absolute atomic E-state index is 10.4. The summed E-state index contributed by atoms with van der Waals surface area (Å²) in [5.41, 5.74) is 1.29. The molecule has 0 aliphatic heterocycles. The first kappa shape index (κ1) is 11.0. The summed E-state index contributed by atoms with van der Waals surface area (Å²) < 4.78 is 0. The summed E-state index contributed by atoms with van der Waals surface area (Å²) in [4.78, 5) is 10.0. The van der Waals surface area contributed by atoms with Gasteiger partial charge in [0, 0.05) is 17.9 Å². The van der Waals surface area contributed by atoms with E-state index in [4.69, 9.17) is 0 Å². The van der Waals surface area contributed by atoms with E-state index in [1.54, 1.807) is 12.1 Å². The molecule has 0 bridgehead atoms. The zero-order chi connectivity index (χ0) is 10.6. The number of nitro benzene ring substituents is 1. The van der Waals surface area contributed by atoms with Gasteiger partial charge in [0.2, 0.25) is 0 Å². The molecule has 0 N–H and O–H groups in total. The van der Waals surface area contributed by atoms with Crippen LogP contribution in [0.15, 0.2) is 24.3 Å². The SMILES string of the molecule is CC(C)SCc1ccc([N+](=O)[O-])cc1. The third-order valence-electron chi connectivity index (χ3n) is 1.73. The van der Waals surface area contributed by atoms with Crippen LogP contribution in [0.25, 0.3) is 0 Å². The Kier molecular flexibility index (Phi) is 3.95. The van der Waals surface area contributed by atoms with E-state index < -0.39 is 0 Å². The second-order valence-electron chi connectivity index (χ2n) is 3.28. The van der Waals surface area contributed by atoms with Gasteiger partial charge in [-0.15, -0.1) is 0 Å². The summed E-state index contributed by atoms with van der Waals surface area (Å²) in [6.07, 6.45) is 0. The number of hydrogen-bond donors (Lipinski definition) is 0. The van der Waals surface area contributed by atoms with Crippen molar-refractivity contribution in [3.63, 3.8) is 0 Å². The quantitative estimate of drug-likeness (QED) is 0.567. The largest absolute Gasteiger partial charge is 0.269 e. The Labute approximate surface area is 87.7 Å². The predicted molar refractivity (Wildman–Crippen MR) is 59.5 cm³/mol. The third-order valence-corrected chi connectivity index (χ3v) is 2.90. The Morgan fingerprint density at radius 1 is 1.36 bits per heavy atom. The normalized spacial score (nSPS) is 10.5. The number of benzene rings is 1. The number of nitro groups is 1. The molecule has 1 aromatic rings. The van der Waals surface area contributed by atoms with Crippen LogP contribution in [0.4, 0.5) is 5.69 Å². The molecule has 0 radical (unpaired) electrons. The lowest BCUT2D eigenvalue weighted by atomic mass is 10.2. The molecule has 0 saturated heterocycles. The molecule has 0 atom stereocenters. The van der Waals surface area contributed by atoms with Crippen molar-refractivity contribution in [1.82, 2.24) is 0 Å². The van der Waals surface area contributed by atoms with Crippen molar-refractivity contribution in [2.45, 2.75) is 24.9 Å². The smallest absolute Gasteiger partial charge is 0.258 e. The molecule has 1 aromatic carbocycles. The highest BCUT2D eigenvalue weighted by Gasteiger charge is 2.04. The minimum absolute atomic E-state index is 0.156. The van der Waals surface area contributed by atoms with Crippen LogP contribution in [0, 0.1) is 10.1 Å². The van der Waals surface area contributed by atoms with Gasteiger partial charge in [-0.2, -0.15) is 11.8 Å². The average Bonchev–Trinajstić information content (AvgIpc) is 2.15. The van der Waals surface area contributed by atoms with E-state index >= 15 is 0 Å². The van der Waals surface area contributed by atoms with Gasteiger partial charge in [-0.3, -0.25) is 10.1 Å². The molecule has 4 heteroatoms. The van der Waals surface area contributed by atoms with Gasteiger partial charge in [-0.05, 0) is 10.8 Å². The fourth-order valence-electron chi connectivity index (χ4n) is 0.977. The van der Waals surface area contributed by atoms with Gasteiger partial charge in [-0.25, -0.2) is 0 Å². The molecule has 14 heavy (non-hydrogen) atoms. The van der Waals surface area contributed by atoms with Gasteiger partial charge >= 0.3 is 0 Å². The molecule has 3 nitrogen and oxygen atoms in total. The Hall–Kier alpha value is -1.03. The van der Waals surface area contributed by atoms with Crippen molar-refractivity contribution in [2.75, 3.05) is 0 Å². The maximum atomic E-state index is 10.4. The number of rotatable bonds is 4. The molecule has 0 heterocycles. The highest BCUT2D eigenvalue weighted by molar-refractivity contribution is 7.99. The van der Waals surface area contributed by atoms with Gasteiger partial charge in [0.1, 0.15) is 0 Å². The predicted octanol–water partition coefficient (Wildman–Crippen LogP) is 3.24. The summed E-state index contributed by atoms with van der Waals surface area (Å²) in [5.74, 6) is 0.912. The number of thioether (sulfide) groups is 1. The molecule has 0 aliphatic carbocycles. The summed E-state index contributed by atoms with van der Waals surface area (Å²) in [7, 11) is 0. The Morgan fingerprint density at radius 3 is 2.36 bits per heavy atom. The van der Waals surface area contributed by atoms with Gasteiger partial charge < -0.3 is 0 Å². The molecule has 76 valence electrons. The molecule has 0 fully saturated rings. The first-order valence-corrected chi connectivity index (χ1v) is 5.49. The van der Waals surface area contributed by atoms with E-state index in [1.807, 2.05) is 23.9 Å². The Balaban J connectivity index is 2.60. The van der Waals surface area contributed by atoms with Crippen LogP contribution in [-0.4, -0.2) is 10.2 Å². The van der Waals surface area contributed by atoms with Crippen LogP contribution >= 0.6 is 11.8 Å². The minimum Gasteiger partial charge on any atom is -0.258 e. The molecule has 0 spiro atoms. The molecular formula is C10H13NO2S. The molecule has 0 saturated carbocycles. The third kappa shape index (κ3) is 3.38. The first-order valence-electron chi connectivity index (χ1n) is 4.44. The van der Waals surface area contributed by atoms with Crippen LogP contribution < -0.4 is 0 Å². The van der Waals surface area contributed by atoms with Gasteiger partial charge in [-0.1, -0.05) is 26.0 Å². The highest BCUT2D eigenvalue weighted by Crippen LogP contribution is 2.19. The fraction of sp³-hybridized carbons (Fsp3) is 0.400. The van der Waals surface area contributed by atoms with Crippen molar-refractivity contribution in [3.8, 4) is 0 Å². The van der Waals surface area contributed by atoms with Crippen LogP contribution in [0.1, 0.15) is 19.4 Å². The number of hydrogen-bond acceptors (Lipinski definition) is 3. The summed E-state index contributed by atoms with van der Waals surface area (Å²) in [6.45, 7) is 4.27. The molecule has 1 rings (SSSR count). The summed E-state index contributed by atoms with van der Waals surface area (Å²) in [5, 5.41) is 11.0. The zero-order valence-corrected chi connectivity index (χ0v) is 9.08. The second-order valence-corrected chi connectivity index (χ2v) is 4.85. The monoisotopic (exact) mass is 211 g/mol. The molecule has 0 unspecified atom stereocenters. The van der Waals surface area contributed by atoms with Crippen LogP contribution in [0.5, 0.6) is 0 Å². The van der Waals surface area contributed by atoms with E-state index in [1.165, 1.54) is 0 Å². The lowest BCUT2D eigenvalue weighted by molar-refractivity contribution is -0.384. The zero-order valence-electron chi connectivity index (χ0n) is 8.27. The van der Waals surface area contributed by atoms with Crippen LogP contribution in [0.3, 0.4) is 0 Å². The molecule has 0 aliphatic rings. The Bertz CT molecular complexity index is 308. The van der Waals surface area contributed by atoms with Crippen molar-refractivity contribution in [2.24, 2.45) is 0 Å². The second kappa shape index (κ2) is 5.00. The minimum atomic E-state index is -0.376. The summed E-state index contributed by atoms with van der Waals surface area (Å²) in [6, 6.07) is 6.73. The number of nitrogens with zero attached hydrogens (tertiary/aromatic N) is 1. The first-order chi connectivity index (χ1) is 6.59. The van der Waals surface area contributed by atoms with E-state index in [0.29, 0.717) is 5.25 Å². The van der Waals surface area contributed by atoms with Crippen molar-refractivity contribution in [3.05, 3.63) is 39.9 Å². The van der Waals surface area contributed by atoms with Crippen LogP contribution in [0.2, 0.25) is 0 Å². The number of non-ortho nitro benzene ring substituents is 1. The highest BCUT2D eigenvalue weighted by atomic mass is 32.2. The molecule has 0 aromatic heterocycles. The fourth-order valence-corrected chi connectivity index (χ4v) is 1.70. The average molecular weight is 211 g/mol. The van der Waals surface area contributed by atoms with Crippen molar-refractivity contribution >= 4 is 17.4 Å². The van der Waals surface area contributed by atoms with Crippen LogP contribution in [-0.2, 0) is 5.75 Å². The summed E-state index contributed by atoms with van der Waals surface area (Å²) >= 11 is 1.83. The lowest BCUT2D eigenvalue weighted by Gasteiger charge is -2.03. The van der Waals surface area contributed by atoms with Crippen molar-refractivity contribution < 1.29 is 4.92 Å².